The molecule has 25 heavy (non-hydrogen) atoms. The Morgan fingerprint density at radius 2 is 2.20 bits per heavy atom. The summed E-state index contributed by atoms with van der Waals surface area (Å²) < 4.78 is 15.6. The van der Waals surface area contributed by atoms with E-state index in [0.717, 1.165) is 29.2 Å². The van der Waals surface area contributed by atoms with E-state index in [0.29, 0.717) is 26.2 Å². The average molecular weight is 345 g/mol. The first-order valence-corrected chi connectivity index (χ1v) is 8.44. The van der Waals surface area contributed by atoms with Crippen LogP contribution in [0.25, 0.3) is 11.3 Å². The number of nitrogens with one attached hydrogen (secondary N) is 1. The molecular formula is C18H23N3O4. The van der Waals surface area contributed by atoms with Gasteiger partial charge < -0.3 is 24.2 Å². The van der Waals surface area contributed by atoms with E-state index >= 15 is 0 Å². The zero-order valence-electron chi connectivity index (χ0n) is 14.5. The minimum absolute atomic E-state index is 0.235. The lowest BCUT2D eigenvalue weighted by Gasteiger charge is -2.15. The summed E-state index contributed by atoms with van der Waals surface area (Å²) in [5, 5.41) is 7.52. The Labute approximate surface area is 146 Å². The zero-order valence-corrected chi connectivity index (χ0v) is 14.5. The number of aromatic nitrogens is 1. The highest BCUT2D eigenvalue weighted by molar-refractivity contribution is 5.68. The maximum atomic E-state index is 11.7. The van der Waals surface area contributed by atoms with Crippen LogP contribution < -0.4 is 10.1 Å². The lowest BCUT2D eigenvalue weighted by atomic mass is 10.1. The summed E-state index contributed by atoms with van der Waals surface area (Å²) in [6.45, 7) is 4.15. The molecule has 7 nitrogen and oxygen atoms in total. The van der Waals surface area contributed by atoms with Crippen molar-refractivity contribution in [3.63, 3.8) is 0 Å². The molecule has 2 heterocycles. The second-order valence-corrected chi connectivity index (χ2v) is 5.92. The second-order valence-electron chi connectivity index (χ2n) is 5.92. The number of amides is 1. The van der Waals surface area contributed by atoms with Crippen LogP contribution >= 0.6 is 0 Å². The number of hydrogen-bond acceptors (Lipinski definition) is 6. The van der Waals surface area contributed by atoms with Crippen LogP contribution in [0.1, 0.15) is 19.1 Å². The van der Waals surface area contributed by atoms with Crippen molar-refractivity contribution < 1.29 is 18.8 Å². The molecule has 0 radical (unpaired) electrons. The molecule has 1 aliphatic heterocycles. The van der Waals surface area contributed by atoms with E-state index in [-0.39, 0.29) is 12.1 Å². The molecule has 1 amide bonds. The summed E-state index contributed by atoms with van der Waals surface area (Å²) in [6, 6.07) is 9.84. The monoisotopic (exact) mass is 345 g/mol. The summed E-state index contributed by atoms with van der Waals surface area (Å²) >= 11 is 0. The lowest BCUT2D eigenvalue weighted by Crippen LogP contribution is -2.35. The van der Waals surface area contributed by atoms with Gasteiger partial charge in [0.15, 0.2) is 5.76 Å². The Hall–Kier alpha value is -2.54. The number of likely N-dealkylation sites (tertiary alicyclic amines) is 1. The van der Waals surface area contributed by atoms with Crippen LogP contribution in [0.3, 0.4) is 0 Å². The molecule has 1 unspecified atom stereocenters. The van der Waals surface area contributed by atoms with Crippen molar-refractivity contribution in [3.05, 3.63) is 36.1 Å². The molecule has 2 aromatic rings. The lowest BCUT2D eigenvalue weighted by molar-refractivity contribution is 0.115. The van der Waals surface area contributed by atoms with Gasteiger partial charge in [0.25, 0.3) is 0 Å². The molecule has 3 rings (SSSR count). The molecule has 0 bridgehead atoms. The van der Waals surface area contributed by atoms with Crippen LogP contribution in [0.5, 0.6) is 5.75 Å². The van der Waals surface area contributed by atoms with Crippen molar-refractivity contribution in [2.75, 3.05) is 26.8 Å². The molecule has 0 aliphatic carbocycles. The van der Waals surface area contributed by atoms with Gasteiger partial charge in [0.05, 0.1) is 20.3 Å². The van der Waals surface area contributed by atoms with Crippen LogP contribution in [0, 0.1) is 0 Å². The van der Waals surface area contributed by atoms with E-state index in [9.17, 15) is 4.79 Å². The molecule has 1 fully saturated rings. The quantitative estimate of drug-likeness (QED) is 0.867. The minimum Gasteiger partial charge on any atom is -0.497 e. The van der Waals surface area contributed by atoms with E-state index < -0.39 is 0 Å². The fourth-order valence-corrected chi connectivity index (χ4v) is 2.85. The summed E-state index contributed by atoms with van der Waals surface area (Å²) in [5.74, 6) is 1.57. The van der Waals surface area contributed by atoms with Crippen molar-refractivity contribution in [2.45, 2.75) is 25.9 Å². The highest BCUT2D eigenvalue weighted by Crippen LogP contribution is 2.22. The first-order valence-electron chi connectivity index (χ1n) is 8.44. The first-order chi connectivity index (χ1) is 12.2. The van der Waals surface area contributed by atoms with Crippen LogP contribution in [0.2, 0.25) is 0 Å². The molecule has 7 heteroatoms. The van der Waals surface area contributed by atoms with Crippen molar-refractivity contribution in [2.24, 2.45) is 0 Å². The van der Waals surface area contributed by atoms with Gasteiger partial charge in [-0.1, -0.05) is 5.16 Å². The SMILES string of the molecule is CCOC(=O)N1CCC(NCc2cc(-c3ccc(OC)cc3)no2)C1. The Morgan fingerprint density at radius 3 is 2.92 bits per heavy atom. The van der Waals surface area contributed by atoms with E-state index in [1.807, 2.05) is 37.3 Å². The van der Waals surface area contributed by atoms with Crippen LogP contribution in [0.15, 0.2) is 34.9 Å². The third-order valence-corrected chi connectivity index (χ3v) is 4.22. The van der Waals surface area contributed by atoms with Gasteiger partial charge in [0, 0.05) is 30.8 Å². The van der Waals surface area contributed by atoms with Crippen LogP contribution in [-0.2, 0) is 11.3 Å². The van der Waals surface area contributed by atoms with Crippen molar-refractivity contribution in [1.29, 1.82) is 0 Å². The largest absolute Gasteiger partial charge is 0.497 e. The molecule has 1 atom stereocenters. The minimum atomic E-state index is -0.242. The summed E-state index contributed by atoms with van der Waals surface area (Å²) in [4.78, 5) is 13.4. The molecule has 0 saturated carbocycles. The molecule has 1 aliphatic rings. The number of carbonyl (C=O) groups is 1. The highest BCUT2D eigenvalue weighted by atomic mass is 16.6. The van der Waals surface area contributed by atoms with E-state index in [1.54, 1.807) is 12.0 Å². The van der Waals surface area contributed by atoms with Crippen molar-refractivity contribution in [1.82, 2.24) is 15.4 Å². The first kappa shape index (κ1) is 17.3. The third-order valence-electron chi connectivity index (χ3n) is 4.22. The summed E-state index contributed by atoms with van der Waals surface area (Å²) in [6.07, 6.45) is 0.659. The number of methoxy groups -OCH3 is 1. The molecule has 0 spiro atoms. The van der Waals surface area contributed by atoms with Crippen molar-refractivity contribution >= 4 is 6.09 Å². The molecule has 1 aromatic carbocycles. The standard InChI is InChI=1S/C18H23N3O4/c1-3-24-18(22)21-9-8-14(12-21)19-11-16-10-17(20-25-16)13-4-6-15(23-2)7-5-13/h4-7,10,14,19H,3,8-9,11-12H2,1-2H3. The maximum absolute atomic E-state index is 11.7. The molecule has 134 valence electrons. The predicted octanol–water partition coefficient (Wildman–Crippen LogP) is 2.67. The number of ether oxygens (including phenoxy) is 2. The van der Waals surface area contributed by atoms with Crippen molar-refractivity contribution in [3.8, 4) is 17.0 Å². The van der Waals surface area contributed by atoms with Gasteiger partial charge in [-0.25, -0.2) is 4.79 Å². The smallest absolute Gasteiger partial charge is 0.409 e. The Morgan fingerprint density at radius 1 is 1.40 bits per heavy atom. The number of rotatable bonds is 6. The summed E-state index contributed by atoms with van der Waals surface area (Å²) in [5.41, 5.74) is 1.77. The van der Waals surface area contributed by atoms with Gasteiger partial charge >= 0.3 is 6.09 Å². The third kappa shape index (κ3) is 4.30. The van der Waals surface area contributed by atoms with E-state index in [1.165, 1.54) is 0 Å². The average Bonchev–Trinajstić information content (AvgIpc) is 3.30. The van der Waals surface area contributed by atoms with Gasteiger partial charge in [-0.15, -0.1) is 0 Å². The van der Waals surface area contributed by atoms with Crippen LogP contribution in [0.4, 0.5) is 4.79 Å². The Bertz CT molecular complexity index is 699. The normalized spacial score (nSPS) is 16.9. The fourth-order valence-electron chi connectivity index (χ4n) is 2.85. The number of benzene rings is 1. The second kappa shape index (κ2) is 8.02. The zero-order chi connectivity index (χ0) is 17.6. The number of nitrogens with zero attached hydrogens (tertiary/aromatic N) is 2. The molecule has 1 N–H and O–H groups in total. The molecule has 1 aromatic heterocycles. The van der Waals surface area contributed by atoms with Crippen LogP contribution in [-0.4, -0.2) is 49.0 Å². The van der Waals surface area contributed by atoms with Gasteiger partial charge in [0.1, 0.15) is 11.4 Å². The molecule has 1 saturated heterocycles. The van der Waals surface area contributed by atoms with Gasteiger partial charge in [-0.05, 0) is 37.6 Å². The van der Waals surface area contributed by atoms with Gasteiger partial charge in [0.2, 0.25) is 0 Å². The van der Waals surface area contributed by atoms with Gasteiger partial charge in [-0.3, -0.25) is 0 Å². The summed E-state index contributed by atoms with van der Waals surface area (Å²) in [7, 11) is 1.64. The fraction of sp³-hybridized carbons (Fsp3) is 0.444. The van der Waals surface area contributed by atoms with Gasteiger partial charge in [-0.2, -0.15) is 0 Å². The Balaban J connectivity index is 1.51. The maximum Gasteiger partial charge on any atom is 0.409 e. The van der Waals surface area contributed by atoms with E-state index in [2.05, 4.69) is 10.5 Å². The number of carbonyl (C=O) groups excluding carboxylic acids is 1. The Kier molecular flexibility index (Phi) is 5.55. The number of hydrogen-bond donors (Lipinski definition) is 1. The topological polar surface area (TPSA) is 76.8 Å². The predicted molar refractivity (Wildman–Crippen MR) is 92.3 cm³/mol. The van der Waals surface area contributed by atoms with E-state index in [4.69, 9.17) is 14.0 Å². The molecular weight excluding hydrogens is 322 g/mol. The highest BCUT2D eigenvalue weighted by Gasteiger charge is 2.26.